The molecule has 35 nitrogen and oxygen atoms in total. The molecular formula is C87H121FN28O7+2. The molecule has 2 atom stereocenters. The molecule has 3 amide bonds. The minimum Gasteiger partial charge on any atom is -0.512 e. The van der Waals surface area contributed by atoms with Gasteiger partial charge >= 0.3 is 6.30 Å². The molecule has 0 aromatic carbocycles. The fourth-order valence-electron chi connectivity index (χ4n) is 14.8. The quantitative estimate of drug-likeness (QED) is 0.00613. The number of rotatable bonds is 26. The van der Waals surface area contributed by atoms with Crippen LogP contribution in [0.2, 0.25) is 0 Å². The molecule has 11 heterocycles. The number of aromatic nitrogens is 6. The lowest BCUT2D eigenvalue weighted by atomic mass is 9.85. The summed E-state index contributed by atoms with van der Waals surface area (Å²) in [5.74, 6) is 3.98. The number of aliphatic hydroxyl groups excluding tert-OH is 3. The van der Waals surface area contributed by atoms with Crippen molar-refractivity contribution in [3.8, 4) is 0 Å². The predicted molar refractivity (Wildman–Crippen MR) is 475 cm³/mol. The van der Waals surface area contributed by atoms with Crippen LogP contribution in [0.15, 0.2) is 146 Å². The number of nitrogens with one attached hydrogen (secondary N) is 11. The third kappa shape index (κ3) is 22.8. The van der Waals surface area contributed by atoms with E-state index in [1.807, 2.05) is 67.8 Å². The van der Waals surface area contributed by atoms with E-state index in [2.05, 4.69) is 89.7 Å². The fourth-order valence-corrected chi connectivity index (χ4v) is 14.8. The highest BCUT2D eigenvalue weighted by molar-refractivity contribution is 6.11. The molecule has 6 aliphatic rings. The van der Waals surface area contributed by atoms with Crippen LogP contribution in [0.25, 0.3) is 17.1 Å². The van der Waals surface area contributed by atoms with Crippen LogP contribution < -0.4 is 88.7 Å². The minimum absolute atomic E-state index is 0.0261. The summed E-state index contributed by atoms with van der Waals surface area (Å²) >= 11 is 0. The first-order chi connectivity index (χ1) is 58.2. The van der Waals surface area contributed by atoms with E-state index in [4.69, 9.17) is 37.5 Å². The van der Waals surface area contributed by atoms with E-state index >= 15 is 4.39 Å². The predicted octanol–water partition coefficient (Wildman–Crippen LogP) is 7.87. The Bertz CT molecular complexity index is 5130. The molecule has 5 aliphatic heterocycles. The van der Waals surface area contributed by atoms with Crippen molar-refractivity contribution >= 4 is 86.4 Å². The van der Waals surface area contributed by atoms with Gasteiger partial charge in [-0.3, -0.25) is 80.3 Å². The van der Waals surface area contributed by atoms with Gasteiger partial charge in [-0.1, -0.05) is 62.3 Å². The standard InChI is InChI=1S/C87H119FN28O7/c1-53(2)123-81(113-47-61(83(121)100-79(91)37-75(118)86(9,10)11)32-72(55(113)4)114(93)48-68(89)57-28-64(43-94-39-57)98-63-34-65(35-63)109-22-16-106(15)17-23-109)52-108-20-26-111(27-21-108)67-30-59(41-96-45-67)70-50-116(105-103-70)73-33-62(84(122)101-80(92)38-76(119)87(12,13)14)46-112(56(73)5)77(88)51-107-18-24-110(25-19-107)66-29-58(40-95-44-66)69-49-115(104-102-69)71-31-60(42-97-54(71)3)82(120)99-78(90)36-74(117)85(6,7)8/h28-33,36-50,53,63,65,77,81,98,102-105H,16-27,34-35,51-52,89,93H2,1-15H3,(H7-2,90,91,92,99,100,101,117,118,119,120,121,122)/p+2. The molecule has 0 radical (unpaired) electrons. The molecule has 18 N–H and O–H groups in total. The highest BCUT2D eigenvalue weighted by atomic mass is 19.1. The summed E-state index contributed by atoms with van der Waals surface area (Å²) < 4.78 is 27.6. The van der Waals surface area contributed by atoms with Gasteiger partial charge in [0.15, 0.2) is 12.4 Å². The summed E-state index contributed by atoms with van der Waals surface area (Å²) in [6, 6.07) is 11.8. The Morgan fingerprint density at radius 2 is 1.07 bits per heavy atom. The minimum atomic E-state index is -1.65. The number of nitrogens with two attached hydrogens (primary N) is 2. The second-order valence-electron chi connectivity index (χ2n) is 35.6. The number of carbonyl (C=O) groups is 3. The number of likely N-dealkylation sites (N-methyl/N-ethyl adjacent to an activating group) is 1. The highest BCUT2D eigenvalue weighted by Crippen LogP contribution is 2.34. The van der Waals surface area contributed by atoms with E-state index in [1.165, 1.54) is 40.2 Å². The van der Waals surface area contributed by atoms with Crippen LogP contribution in [-0.4, -0.2) is 207 Å². The van der Waals surface area contributed by atoms with Crippen LogP contribution in [0.1, 0.15) is 166 Å². The number of hydrogen-bond donors (Lipinski definition) is 16. The fraction of sp³-hybridized carbons (Fsp3) is 0.448. The lowest BCUT2D eigenvalue weighted by Gasteiger charge is -2.46. The van der Waals surface area contributed by atoms with Crippen LogP contribution >= 0.6 is 0 Å². The Balaban J connectivity index is 0.718. The van der Waals surface area contributed by atoms with Crippen LogP contribution in [0.4, 0.5) is 38.5 Å². The number of aryl methyl sites for hydroxylation is 1. The molecule has 4 fully saturated rings. The number of ether oxygens (including phenoxy) is 1. The molecule has 123 heavy (non-hydrogen) atoms. The van der Waals surface area contributed by atoms with E-state index in [0.717, 1.165) is 67.2 Å². The van der Waals surface area contributed by atoms with Crippen molar-refractivity contribution < 1.29 is 48.0 Å². The first-order valence-electron chi connectivity index (χ1n) is 41.6. The first-order valence-corrected chi connectivity index (χ1v) is 41.6. The van der Waals surface area contributed by atoms with Crippen molar-refractivity contribution in [2.75, 3.05) is 129 Å². The van der Waals surface area contributed by atoms with E-state index in [9.17, 15) is 29.7 Å². The van der Waals surface area contributed by atoms with Gasteiger partial charge in [0.05, 0.1) is 82.7 Å². The van der Waals surface area contributed by atoms with Crippen LogP contribution in [-0.2, 0) is 4.74 Å². The van der Waals surface area contributed by atoms with Crippen molar-refractivity contribution in [2.24, 2.45) is 27.8 Å². The van der Waals surface area contributed by atoms with Gasteiger partial charge in [0.1, 0.15) is 57.3 Å². The van der Waals surface area contributed by atoms with Gasteiger partial charge in [0.25, 0.3) is 23.9 Å². The molecule has 1 saturated carbocycles. The number of halogens is 1. The average Bonchev–Trinajstić information content (AvgIpc) is 1.77. The maximum absolute atomic E-state index is 17.5. The van der Waals surface area contributed by atoms with E-state index in [1.54, 1.807) is 147 Å². The first kappa shape index (κ1) is 90.2. The molecule has 12 rings (SSSR count). The number of carbonyl (C=O) groups excluding carboxylic acids is 3. The zero-order valence-corrected chi connectivity index (χ0v) is 73.0. The van der Waals surface area contributed by atoms with E-state index < -0.39 is 46.5 Å². The summed E-state index contributed by atoms with van der Waals surface area (Å²) in [7, 11) is 2.17. The number of hydrogen-bond acceptors (Lipinski definition) is 30. The van der Waals surface area contributed by atoms with Gasteiger partial charge < -0.3 is 72.6 Å². The summed E-state index contributed by atoms with van der Waals surface area (Å²) in [5.41, 5.74) is 27.6. The molecule has 6 aromatic rings. The lowest BCUT2D eigenvalue weighted by Crippen LogP contribution is -2.55. The van der Waals surface area contributed by atoms with Crippen LogP contribution in [0, 0.1) is 53.2 Å². The second kappa shape index (κ2) is 38.2. The Hall–Kier alpha value is -12.0. The molecule has 0 spiro atoms. The van der Waals surface area contributed by atoms with Crippen LogP contribution in [0.5, 0.6) is 0 Å². The Labute approximate surface area is 718 Å². The maximum atomic E-state index is 17.5. The van der Waals surface area contributed by atoms with Crippen LogP contribution in [0.3, 0.4) is 0 Å². The normalized spacial score (nSPS) is 18.7. The van der Waals surface area contributed by atoms with Crippen molar-refractivity contribution in [3.63, 3.8) is 0 Å². The number of hydrazine groups is 5. The van der Waals surface area contributed by atoms with E-state index in [0.29, 0.717) is 128 Å². The molecule has 6 aromatic heterocycles. The maximum Gasteiger partial charge on any atom is 0.311 e. The Morgan fingerprint density at radius 3 is 1.59 bits per heavy atom. The monoisotopic (exact) mass is 1690 g/mol. The number of nitrogens with zero attached hydrogens (tertiary/aromatic N) is 15. The summed E-state index contributed by atoms with van der Waals surface area (Å²) in [6.07, 6.45) is 23.5. The second-order valence-corrected chi connectivity index (χ2v) is 35.6. The van der Waals surface area contributed by atoms with Gasteiger partial charge in [-0.25, -0.2) is 5.84 Å². The number of piperazine rings is 3. The summed E-state index contributed by atoms with van der Waals surface area (Å²) in [4.78, 5) is 73.9. The van der Waals surface area contributed by atoms with Gasteiger partial charge in [0, 0.05) is 205 Å². The smallest absolute Gasteiger partial charge is 0.311 e. The Morgan fingerprint density at radius 1 is 0.602 bits per heavy atom. The zero-order valence-electron chi connectivity index (χ0n) is 73.0. The van der Waals surface area contributed by atoms with Gasteiger partial charge in [-0.05, 0) is 77.1 Å². The third-order valence-corrected chi connectivity index (χ3v) is 22.6. The summed E-state index contributed by atoms with van der Waals surface area (Å²) in [6.45, 7) is 34.7. The topological polar surface area (TPSA) is 429 Å². The molecule has 0 bridgehead atoms. The number of amides is 3. The molecule has 3 saturated heterocycles. The number of amidine groups is 3. The van der Waals surface area contributed by atoms with Crippen molar-refractivity contribution in [1.82, 2.24) is 77.4 Å². The SMILES string of the molecule is Cc1ncc(C(=O)NC(=N)C=C(O)C(C)(C)C)cc1N1C=C(c2cncc(N3CCN(CC(F)[n+]4cc(C(=O)NC(=N)C=C(O)C(C)(C)C)cc(N5C=C(c6cncc(N7CCN(CC(OC(C)C)[n+]8cc(C(=O)NC(=N)C=C(O)C(C)(C)C)cc(N(N)C=C(N)c9cncc(NC%10CC(N%11CCN(C)CC%11)C%10)c9)c8C)CC7)c6)NN5)c4C)CC3)c2)NN1. The number of anilines is 6. The van der Waals surface area contributed by atoms with Gasteiger partial charge in [-0.2, -0.15) is 13.5 Å². The lowest BCUT2D eigenvalue weighted by molar-refractivity contribution is -0.768. The number of allylic oxidation sites excluding steroid dienone is 3. The largest absolute Gasteiger partial charge is 0.512 e. The zero-order chi connectivity index (χ0) is 88.7. The molecule has 2 unspecified atom stereocenters. The third-order valence-electron chi connectivity index (χ3n) is 22.6. The van der Waals surface area contributed by atoms with Crippen molar-refractivity contribution in [2.45, 2.75) is 140 Å². The number of alkyl halides is 1. The molecule has 1 aliphatic carbocycles. The van der Waals surface area contributed by atoms with E-state index in [-0.39, 0.29) is 64.1 Å². The number of aliphatic hydroxyl groups is 3. The Kier molecular flexibility index (Phi) is 28.0. The van der Waals surface area contributed by atoms with Crippen molar-refractivity contribution in [1.29, 1.82) is 16.2 Å². The van der Waals surface area contributed by atoms with Gasteiger partial charge in [0.2, 0.25) is 11.4 Å². The van der Waals surface area contributed by atoms with Gasteiger partial charge in [-0.15, -0.1) is 11.1 Å². The molecule has 656 valence electrons. The molecular weight excluding hydrogens is 1570 g/mol. The number of pyridine rings is 6. The highest BCUT2D eigenvalue weighted by Gasteiger charge is 2.38. The summed E-state index contributed by atoms with van der Waals surface area (Å²) in [5, 5.41) is 73.7. The van der Waals surface area contributed by atoms with Crippen molar-refractivity contribution in [3.05, 3.63) is 197 Å². The molecule has 36 heteroatoms. The average molecular weight is 1690 g/mol.